The average Bonchev–Trinajstić information content (AvgIpc) is 3.07. The van der Waals surface area contributed by atoms with Crippen LogP contribution in [0.25, 0.3) is 22.6 Å². The van der Waals surface area contributed by atoms with Gasteiger partial charge in [-0.3, -0.25) is 0 Å². The Morgan fingerprint density at radius 1 is 1.27 bits per heavy atom. The van der Waals surface area contributed by atoms with Crippen LogP contribution in [-0.4, -0.2) is 23.3 Å². The highest BCUT2D eigenvalue weighted by Gasteiger charge is 2.20. The Bertz CT molecular complexity index is 986. The molecule has 132 valence electrons. The molecule has 3 aromatic rings. The van der Waals surface area contributed by atoms with Crippen molar-refractivity contribution in [3.63, 3.8) is 0 Å². The largest absolute Gasteiger partial charge is 0.491 e. The molecule has 0 aliphatic rings. The quantitative estimate of drug-likeness (QED) is 0.731. The van der Waals surface area contributed by atoms with Crippen LogP contribution in [-0.2, 0) is 0 Å². The number of ether oxygens (including phenoxy) is 1. The summed E-state index contributed by atoms with van der Waals surface area (Å²) >= 11 is 0. The zero-order valence-corrected chi connectivity index (χ0v) is 14.6. The maximum atomic E-state index is 9.60. The lowest BCUT2D eigenvalue weighted by atomic mass is 9.94. The molecule has 2 aromatic heterocycles. The van der Waals surface area contributed by atoms with Crippen molar-refractivity contribution in [1.82, 2.24) is 4.98 Å². The van der Waals surface area contributed by atoms with E-state index in [0.29, 0.717) is 28.3 Å². The van der Waals surface area contributed by atoms with Crippen molar-refractivity contribution in [3.05, 3.63) is 53.3 Å². The standard InChI is InChI=1S/C20H19N3O3/c1-12-6-7-17(26-12)19-13(2)18(16(11-21)20(22)23-19)14-4-3-5-15(10-14)25-9-8-24/h3-7,10,24H,8-9H2,1-2H3,(H2,22,23). The molecule has 3 rings (SSSR count). The SMILES string of the molecule is Cc1ccc(-c2nc(N)c(C#N)c(-c3cccc(OCCO)c3)c2C)o1. The van der Waals surface area contributed by atoms with E-state index < -0.39 is 0 Å². The third-order valence-corrected chi connectivity index (χ3v) is 4.04. The molecule has 0 atom stereocenters. The van der Waals surface area contributed by atoms with Gasteiger partial charge in [0.05, 0.1) is 6.61 Å². The fourth-order valence-electron chi connectivity index (χ4n) is 2.87. The van der Waals surface area contributed by atoms with Crippen molar-refractivity contribution in [1.29, 1.82) is 5.26 Å². The summed E-state index contributed by atoms with van der Waals surface area (Å²) in [5, 5.41) is 18.5. The van der Waals surface area contributed by atoms with Crippen LogP contribution >= 0.6 is 0 Å². The van der Waals surface area contributed by atoms with E-state index in [-0.39, 0.29) is 19.0 Å². The van der Waals surface area contributed by atoms with Gasteiger partial charge in [0, 0.05) is 5.56 Å². The van der Waals surface area contributed by atoms with Crippen LogP contribution in [0.2, 0.25) is 0 Å². The summed E-state index contributed by atoms with van der Waals surface area (Å²) in [6.45, 7) is 3.87. The zero-order chi connectivity index (χ0) is 18.7. The maximum absolute atomic E-state index is 9.60. The Labute approximate surface area is 151 Å². The first-order valence-electron chi connectivity index (χ1n) is 8.16. The number of furan rings is 1. The molecule has 6 nitrogen and oxygen atoms in total. The fourth-order valence-corrected chi connectivity index (χ4v) is 2.87. The van der Waals surface area contributed by atoms with Crippen LogP contribution in [0.15, 0.2) is 40.8 Å². The highest BCUT2D eigenvalue weighted by atomic mass is 16.5. The minimum absolute atomic E-state index is 0.0725. The molecule has 0 aliphatic heterocycles. The van der Waals surface area contributed by atoms with Gasteiger partial charge in [-0.15, -0.1) is 0 Å². The van der Waals surface area contributed by atoms with Gasteiger partial charge in [-0.05, 0) is 49.2 Å². The number of hydrogen-bond donors (Lipinski definition) is 2. The highest BCUT2D eigenvalue weighted by molar-refractivity contribution is 5.83. The number of aliphatic hydroxyl groups is 1. The van der Waals surface area contributed by atoms with Crippen molar-refractivity contribution in [3.8, 4) is 34.4 Å². The summed E-state index contributed by atoms with van der Waals surface area (Å²) in [5.41, 5.74) is 9.25. The Morgan fingerprint density at radius 2 is 2.08 bits per heavy atom. The molecule has 2 heterocycles. The summed E-state index contributed by atoms with van der Waals surface area (Å²) in [6, 6.07) is 13.2. The summed E-state index contributed by atoms with van der Waals surface area (Å²) < 4.78 is 11.2. The predicted octanol–water partition coefficient (Wildman–Crippen LogP) is 3.45. The second-order valence-corrected chi connectivity index (χ2v) is 5.84. The molecular weight excluding hydrogens is 330 g/mol. The van der Waals surface area contributed by atoms with Crippen molar-refractivity contribution in [2.75, 3.05) is 18.9 Å². The van der Waals surface area contributed by atoms with E-state index in [1.807, 2.05) is 44.2 Å². The molecule has 26 heavy (non-hydrogen) atoms. The van der Waals surface area contributed by atoms with Gasteiger partial charge in [0.25, 0.3) is 0 Å². The summed E-state index contributed by atoms with van der Waals surface area (Å²) in [7, 11) is 0. The molecule has 0 saturated heterocycles. The number of nitrogen functional groups attached to an aromatic ring is 1. The maximum Gasteiger partial charge on any atom is 0.153 e. The van der Waals surface area contributed by atoms with E-state index in [9.17, 15) is 5.26 Å². The van der Waals surface area contributed by atoms with E-state index in [2.05, 4.69) is 11.1 Å². The van der Waals surface area contributed by atoms with Crippen LogP contribution in [0.1, 0.15) is 16.9 Å². The highest BCUT2D eigenvalue weighted by Crippen LogP contribution is 2.37. The number of nitriles is 1. The summed E-state index contributed by atoms with van der Waals surface area (Å²) in [5.74, 6) is 2.12. The van der Waals surface area contributed by atoms with Gasteiger partial charge in [-0.1, -0.05) is 12.1 Å². The van der Waals surface area contributed by atoms with Gasteiger partial charge >= 0.3 is 0 Å². The number of aromatic nitrogens is 1. The lowest BCUT2D eigenvalue weighted by Crippen LogP contribution is -2.04. The van der Waals surface area contributed by atoms with Gasteiger partial charge < -0.3 is 20.0 Å². The van der Waals surface area contributed by atoms with Crippen LogP contribution in [0.5, 0.6) is 5.75 Å². The number of benzene rings is 1. The van der Waals surface area contributed by atoms with E-state index in [1.165, 1.54) is 0 Å². The van der Waals surface area contributed by atoms with Gasteiger partial charge in [0.1, 0.15) is 41.3 Å². The van der Waals surface area contributed by atoms with Crippen molar-refractivity contribution in [2.45, 2.75) is 13.8 Å². The van der Waals surface area contributed by atoms with Gasteiger partial charge in [0.2, 0.25) is 0 Å². The van der Waals surface area contributed by atoms with Crippen LogP contribution in [0.4, 0.5) is 5.82 Å². The molecule has 1 aromatic carbocycles. The third kappa shape index (κ3) is 3.25. The third-order valence-electron chi connectivity index (χ3n) is 4.04. The van der Waals surface area contributed by atoms with Crippen molar-refractivity contribution >= 4 is 5.82 Å². The molecule has 0 bridgehead atoms. The number of aliphatic hydroxyl groups excluding tert-OH is 1. The number of nitrogens with two attached hydrogens (primary N) is 1. The number of anilines is 1. The number of rotatable bonds is 5. The molecular formula is C20H19N3O3. The Morgan fingerprint density at radius 3 is 2.73 bits per heavy atom. The molecule has 0 saturated carbocycles. The molecule has 0 unspecified atom stereocenters. The summed E-state index contributed by atoms with van der Waals surface area (Å²) in [6.07, 6.45) is 0. The summed E-state index contributed by atoms with van der Waals surface area (Å²) in [4.78, 5) is 4.38. The minimum atomic E-state index is -0.0725. The first kappa shape index (κ1) is 17.5. The molecule has 3 N–H and O–H groups in total. The van der Waals surface area contributed by atoms with Crippen LogP contribution < -0.4 is 10.5 Å². The second kappa shape index (κ2) is 7.30. The van der Waals surface area contributed by atoms with E-state index in [4.69, 9.17) is 20.0 Å². The number of nitrogens with zero attached hydrogens (tertiary/aromatic N) is 2. The molecule has 0 fully saturated rings. The lowest BCUT2D eigenvalue weighted by molar-refractivity contribution is 0.201. The monoisotopic (exact) mass is 349 g/mol. The fraction of sp³-hybridized carbons (Fsp3) is 0.200. The first-order valence-corrected chi connectivity index (χ1v) is 8.16. The Kier molecular flexibility index (Phi) is 4.92. The predicted molar refractivity (Wildman–Crippen MR) is 98.6 cm³/mol. The minimum Gasteiger partial charge on any atom is -0.491 e. The van der Waals surface area contributed by atoms with Crippen molar-refractivity contribution in [2.24, 2.45) is 0 Å². The molecule has 0 aliphatic carbocycles. The Hall–Kier alpha value is -3.30. The number of aryl methyl sites for hydroxylation is 1. The van der Waals surface area contributed by atoms with Gasteiger partial charge in [-0.2, -0.15) is 5.26 Å². The molecule has 6 heteroatoms. The molecule has 0 amide bonds. The number of pyridine rings is 1. The molecule has 0 spiro atoms. The van der Waals surface area contributed by atoms with Crippen LogP contribution in [0, 0.1) is 25.2 Å². The van der Waals surface area contributed by atoms with E-state index in [0.717, 1.165) is 16.9 Å². The smallest absolute Gasteiger partial charge is 0.153 e. The average molecular weight is 349 g/mol. The topological polar surface area (TPSA) is 105 Å². The zero-order valence-electron chi connectivity index (χ0n) is 14.6. The lowest BCUT2D eigenvalue weighted by Gasteiger charge is -2.15. The number of hydrogen-bond acceptors (Lipinski definition) is 6. The molecule has 0 radical (unpaired) electrons. The normalized spacial score (nSPS) is 10.5. The first-order chi connectivity index (χ1) is 12.5. The Balaban J connectivity index is 2.20. The van der Waals surface area contributed by atoms with E-state index in [1.54, 1.807) is 6.07 Å². The van der Waals surface area contributed by atoms with Crippen LogP contribution in [0.3, 0.4) is 0 Å². The van der Waals surface area contributed by atoms with Gasteiger partial charge in [-0.25, -0.2) is 4.98 Å². The van der Waals surface area contributed by atoms with E-state index >= 15 is 0 Å². The van der Waals surface area contributed by atoms with Gasteiger partial charge in [0.15, 0.2) is 5.76 Å². The second-order valence-electron chi connectivity index (χ2n) is 5.84. The van der Waals surface area contributed by atoms with Crippen molar-refractivity contribution < 1.29 is 14.3 Å².